The molecule has 2 heterocycles. The lowest BCUT2D eigenvalue weighted by atomic mass is 10.2. The Balaban J connectivity index is 1.82. The average molecular weight is 457 g/mol. The first kappa shape index (κ1) is 21.9. The number of ether oxygens (including phenoxy) is 4. The number of carbonyl (C=O) groups is 1. The van der Waals surface area contributed by atoms with E-state index in [9.17, 15) is 4.79 Å². The number of hydrogen-bond acceptors (Lipinski definition) is 7. The van der Waals surface area contributed by atoms with Crippen molar-refractivity contribution >= 4 is 38.4 Å². The van der Waals surface area contributed by atoms with Gasteiger partial charge in [-0.1, -0.05) is 23.5 Å². The first-order valence-electron chi connectivity index (χ1n) is 10.1. The van der Waals surface area contributed by atoms with Gasteiger partial charge in [-0.25, -0.2) is 0 Å². The fourth-order valence-electron chi connectivity index (χ4n) is 3.44. The number of benzene rings is 2. The van der Waals surface area contributed by atoms with E-state index < -0.39 is 5.91 Å². The second-order valence-corrected chi connectivity index (χ2v) is 7.82. The number of carbonyl (C=O) groups excluding carboxylic acids is 1. The van der Waals surface area contributed by atoms with Gasteiger partial charge in [-0.2, -0.15) is 4.99 Å². The number of hydrogen-bond donors (Lipinski definition) is 0. The third kappa shape index (κ3) is 4.09. The number of nitrogens with zero attached hydrogens (tertiary/aromatic N) is 2. The molecule has 9 heteroatoms. The molecule has 1 amide bonds. The topological polar surface area (TPSA) is 84.4 Å². The van der Waals surface area contributed by atoms with Crippen molar-refractivity contribution < 1.29 is 28.2 Å². The van der Waals surface area contributed by atoms with Crippen LogP contribution in [0.25, 0.3) is 21.2 Å². The van der Waals surface area contributed by atoms with Gasteiger partial charge in [0.25, 0.3) is 0 Å². The van der Waals surface area contributed by atoms with Gasteiger partial charge in [0.2, 0.25) is 0 Å². The average Bonchev–Trinajstić information content (AvgIpc) is 3.39. The number of furan rings is 1. The van der Waals surface area contributed by atoms with Crippen LogP contribution in [0.2, 0.25) is 0 Å². The van der Waals surface area contributed by atoms with Crippen LogP contribution in [0.15, 0.2) is 45.8 Å². The molecule has 168 valence electrons. The van der Waals surface area contributed by atoms with Crippen molar-refractivity contribution in [1.29, 1.82) is 0 Å². The summed E-state index contributed by atoms with van der Waals surface area (Å²) < 4.78 is 30.4. The normalized spacial score (nSPS) is 11.9. The Morgan fingerprint density at radius 2 is 1.81 bits per heavy atom. The number of amides is 1. The minimum atomic E-state index is -0.473. The molecule has 2 aromatic carbocycles. The van der Waals surface area contributed by atoms with E-state index in [2.05, 4.69) is 4.99 Å². The zero-order valence-corrected chi connectivity index (χ0v) is 19.2. The van der Waals surface area contributed by atoms with Gasteiger partial charge in [-0.05, 0) is 19.1 Å². The predicted molar refractivity (Wildman–Crippen MR) is 122 cm³/mol. The zero-order valence-electron chi connectivity index (χ0n) is 18.3. The number of aromatic nitrogens is 1. The van der Waals surface area contributed by atoms with E-state index in [1.807, 2.05) is 35.8 Å². The second-order valence-electron chi connectivity index (χ2n) is 6.81. The van der Waals surface area contributed by atoms with Crippen molar-refractivity contribution in [3.63, 3.8) is 0 Å². The van der Waals surface area contributed by atoms with Gasteiger partial charge in [-0.15, -0.1) is 0 Å². The van der Waals surface area contributed by atoms with E-state index in [1.165, 1.54) is 11.3 Å². The molecular weight excluding hydrogens is 432 g/mol. The highest BCUT2D eigenvalue weighted by molar-refractivity contribution is 7.16. The van der Waals surface area contributed by atoms with Crippen molar-refractivity contribution in [2.45, 2.75) is 13.5 Å². The number of fused-ring (bicyclic) bond motifs is 2. The Morgan fingerprint density at radius 1 is 1.06 bits per heavy atom. The fraction of sp³-hybridized carbons (Fsp3) is 0.304. The van der Waals surface area contributed by atoms with Gasteiger partial charge >= 0.3 is 5.91 Å². The summed E-state index contributed by atoms with van der Waals surface area (Å²) in [7, 11) is 4.74. The van der Waals surface area contributed by atoms with Crippen molar-refractivity contribution in [2.75, 3.05) is 34.5 Å². The molecule has 0 fully saturated rings. The maximum absolute atomic E-state index is 13.0. The Kier molecular flexibility index (Phi) is 6.48. The monoisotopic (exact) mass is 456 g/mol. The van der Waals surface area contributed by atoms with E-state index in [4.69, 9.17) is 23.4 Å². The van der Waals surface area contributed by atoms with Crippen molar-refractivity contribution in [3.8, 4) is 17.2 Å². The summed E-state index contributed by atoms with van der Waals surface area (Å²) in [5.41, 5.74) is 1.40. The molecule has 0 aliphatic rings. The van der Waals surface area contributed by atoms with E-state index in [-0.39, 0.29) is 5.76 Å². The summed E-state index contributed by atoms with van der Waals surface area (Å²) in [5, 5.41) is 0.776. The molecule has 0 aliphatic carbocycles. The molecule has 8 nitrogen and oxygen atoms in total. The standard InChI is InChI=1S/C23H24N2O6S/c1-5-30-10-9-25-15-12-17(28-3)18(29-4)13-20(15)32-23(25)24-22(26)19-11-14-7-6-8-16(27-2)21(14)31-19/h6-8,11-13H,5,9-10H2,1-4H3. The molecule has 0 atom stereocenters. The van der Waals surface area contributed by atoms with Crippen LogP contribution >= 0.6 is 11.3 Å². The van der Waals surface area contributed by atoms with Gasteiger partial charge in [-0.3, -0.25) is 4.79 Å². The number of para-hydroxylation sites is 1. The molecule has 0 spiro atoms. The van der Waals surface area contributed by atoms with Gasteiger partial charge in [0.1, 0.15) is 0 Å². The molecule has 0 N–H and O–H groups in total. The number of thiazole rings is 1. The Labute approximate surface area is 188 Å². The first-order chi connectivity index (χ1) is 15.6. The SMILES string of the molecule is CCOCCn1c(=NC(=O)c2cc3cccc(OC)c3o2)sc2cc(OC)c(OC)cc21. The van der Waals surface area contributed by atoms with E-state index in [0.29, 0.717) is 47.4 Å². The Morgan fingerprint density at radius 3 is 2.53 bits per heavy atom. The first-order valence-corrected chi connectivity index (χ1v) is 10.9. The van der Waals surface area contributed by atoms with Crippen molar-refractivity contribution in [1.82, 2.24) is 4.57 Å². The van der Waals surface area contributed by atoms with E-state index >= 15 is 0 Å². The highest BCUT2D eigenvalue weighted by Gasteiger charge is 2.17. The molecule has 32 heavy (non-hydrogen) atoms. The summed E-state index contributed by atoms with van der Waals surface area (Å²) in [6.45, 7) is 3.56. The molecule has 4 rings (SSSR count). The minimum Gasteiger partial charge on any atom is -0.493 e. The molecule has 2 aromatic heterocycles. The van der Waals surface area contributed by atoms with E-state index in [1.54, 1.807) is 33.5 Å². The molecule has 0 unspecified atom stereocenters. The third-order valence-electron chi connectivity index (χ3n) is 4.99. The molecule has 0 radical (unpaired) electrons. The minimum absolute atomic E-state index is 0.147. The fourth-order valence-corrected chi connectivity index (χ4v) is 4.51. The number of methoxy groups -OCH3 is 3. The van der Waals surface area contributed by atoms with Crippen molar-refractivity contribution in [2.24, 2.45) is 4.99 Å². The summed E-state index contributed by atoms with van der Waals surface area (Å²) in [4.78, 5) is 17.9. The van der Waals surface area contributed by atoms with Gasteiger partial charge < -0.3 is 27.9 Å². The highest BCUT2D eigenvalue weighted by atomic mass is 32.1. The molecular formula is C23H24N2O6S. The van der Waals surface area contributed by atoms with Crippen LogP contribution < -0.4 is 19.0 Å². The molecule has 0 bridgehead atoms. The quantitative estimate of drug-likeness (QED) is 0.369. The summed E-state index contributed by atoms with van der Waals surface area (Å²) in [5.74, 6) is 1.45. The molecule has 0 saturated heterocycles. The lowest BCUT2D eigenvalue weighted by Gasteiger charge is -2.09. The maximum atomic E-state index is 13.0. The molecule has 0 saturated carbocycles. The van der Waals surface area contributed by atoms with Crippen LogP contribution in [0.4, 0.5) is 0 Å². The van der Waals surface area contributed by atoms with Crippen LogP contribution in [-0.4, -0.2) is 45.0 Å². The Bertz CT molecular complexity index is 1330. The van der Waals surface area contributed by atoms with Gasteiger partial charge in [0.05, 0.1) is 38.2 Å². The van der Waals surface area contributed by atoms with Crippen LogP contribution in [0.5, 0.6) is 17.2 Å². The number of rotatable bonds is 8. The largest absolute Gasteiger partial charge is 0.493 e. The summed E-state index contributed by atoms with van der Waals surface area (Å²) in [6, 6.07) is 10.9. The Hall–Kier alpha value is -3.30. The predicted octanol–water partition coefficient (Wildman–Crippen LogP) is 4.25. The zero-order chi connectivity index (χ0) is 22.7. The smallest absolute Gasteiger partial charge is 0.315 e. The van der Waals surface area contributed by atoms with Gasteiger partial charge in [0, 0.05) is 30.7 Å². The maximum Gasteiger partial charge on any atom is 0.315 e. The van der Waals surface area contributed by atoms with Crippen LogP contribution in [0, 0.1) is 0 Å². The van der Waals surface area contributed by atoms with Crippen LogP contribution in [0.3, 0.4) is 0 Å². The lowest BCUT2D eigenvalue weighted by Crippen LogP contribution is -2.19. The molecule has 4 aromatic rings. The van der Waals surface area contributed by atoms with Crippen molar-refractivity contribution in [3.05, 3.63) is 47.0 Å². The second kappa shape index (κ2) is 9.46. The summed E-state index contributed by atoms with van der Waals surface area (Å²) >= 11 is 1.39. The molecule has 0 aliphatic heterocycles. The lowest BCUT2D eigenvalue weighted by molar-refractivity contribution is 0.0972. The van der Waals surface area contributed by atoms with E-state index in [0.717, 1.165) is 15.6 Å². The summed E-state index contributed by atoms with van der Waals surface area (Å²) in [6.07, 6.45) is 0. The van der Waals surface area contributed by atoms with Crippen LogP contribution in [-0.2, 0) is 11.3 Å². The van der Waals surface area contributed by atoms with Gasteiger partial charge in [0.15, 0.2) is 33.4 Å². The highest BCUT2D eigenvalue weighted by Crippen LogP contribution is 2.33. The van der Waals surface area contributed by atoms with Crippen LogP contribution in [0.1, 0.15) is 17.5 Å². The third-order valence-corrected chi connectivity index (χ3v) is 6.03.